The Morgan fingerprint density at radius 3 is 2.74 bits per heavy atom. The van der Waals surface area contributed by atoms with Crippen LogP contribution in [0.2, 0.25) is 0 Å². The Kier molecular flexibility index (Phi) is 3.11. The Labute approximate surface area is 112 Å². The molecule has 1 aromatic carbocycles. The maximum atomic E-state index is 12.4. The van der Waals surface area contributed by atoms with Gasteiger partial charge < -0.3 is 5.32 Å². The first kappa shape index (κ1) is 12.4. The molecule has 1 atom stereocenters. The Bertz CT molecular complexity index is 523. The molecule has 1 fully saturated rings. The Balaban J connectivity index is 1.82. The number of fused-ring (bicyclic) bond motifs is 1. The van der Waals surface area contributed by atoms with Crippen LogP contribution in [0.15, 0.2) is 24.3 Å². The zero-order chi connectivity index (χ0) is 13.4. The fourth-order valence-corrected chi connectivity index (χ4v) is 2.76. The number of carbonyl (C=O) groups is 2. The van der Waals surface area contributed by atoms with Crippen molar-refractivity contribution in [2.24, 2.45) is 5.92 Å². The highest BCUT2D eigenvalue weighted by Gasteiger charge is 2.36. The summed E-state index contributed by atoms with van der Waals surface area (Å²) in [6, 6.07) is 7.62. The number of nitrogens with zero attached hydrogens (tertiary/aromatic N) is 1. The van der Waals surface area contributed by atoms with Gasteiger partial charge >= 0.3 is 0 Å². The topological polar surface area (TPSA) is 49.4 Å². The predicted molar refractivity (Wildman–Crippen MR) is 71.8 cm³/mol. The molecule has 1 aliphatic heterocycles. The second-order valence-electron chi connectivity index (χ2n) is 5.38. The molecule has 4 heteroatoms. The molecule has 1 aromatic rings. The van der Waals surface area contributed by atoms with Gasteiger partial charge in [0.25, 0.3) is 5.91 Å². The highest BCUT2D eigenvalue weighted by Crippen LogP contribution is 2.33. The fraction of sp³-hybridized carbons (Fsp3) is 0.467. The molecule has 0 bridgehead atoms. The minimum Gasteiger partial charge on any atom is -0.315 e. The number of nitrogens with one attached hydrogen (secondary N) is 1. The third-order valence-electron chi connectivity index (χ3n) is 4.08. The third kappa shape index (κ3) is 2.28. The average molecular weight is 258 g/mol. The van der Waals surface area contributed by atoms with Crippen LogP contribution in [0.1, 0.15) is 28.8 Å². The number of amides is 2. The van der Waals surface area contributed by atoms with Gasteiger partial charge in [-0.25, -0.2) is 0 Å². The quantitative estimate of drug-likeness (QED) is 0.826. The molecule has 1 aliphatic carbocycles. The molecule has 100 valence electrons. The van der Waals surface area contributed by atoms with Crippen molar-refractivity contribution in [1.82, 2.24) is 10.2 Å². The minimum absolute atomic E-state index is 0.0791. The van der Waals surface area contributed by atoms with E-state index in [2.05, 4.69) is 5.32 Å². The number of benzene rings is 1. The van der Waals surface area contributed by atoms with E-state index >= 15 is 0 Å². The molecule has 2 aliphatic rings. The van der Waals surface area contributed by atoms with Crippen molar-refractivity contribution in [1.29, 1.82) is 0 Å². The maximum Gasteiger partial charge on any atom is 0.260 e. The zero-order valence-electron chi connectivity index (χ0n) is 11.1. The van der Waals surface area contributed by atoms with Gasteiger partial charge in [0.15, 0.2) is 0 Å². The van der Waals surface area contributed by atoms with E-state index in [-0.39, 0.29) is 17.9 Å². The molecule has 1 saturated carbocycles. The van der Waals surface area contributed by atoms with Crippen LogP contribution in [0, 0.1) is 5.92 Å². The fourth-order valence-electron chi connectivity index (χ4n) is 2.76. The van der Waals surface area contributed by atoms with Gasteiger partial charge in [0.05, 0.1) is 6.42 Å². The normalized spacial score (nSPS) is 20.4. The Hall–Kier alpha value is -1.68. The van der Waals surface area contributed by atoms with Crippen LogP contribution < -0.4 is 5.32 Å². The molecule has 1 unspecified atom stereocenters. The van der Waals surface area contributed by atoms with E-state index in [9.17, 15) is 9.59 Å². The van der Waals surface area contributed by atoms with Crippen LogP contribution in [0.5, 0.6) is 0 Å². The maximum absolute atomic E-state index is 12.4. The number of imide groups is 1. The summed E-state index contributed by atoms with van der Waals surface area (Å²) in [5.41, 5.74) is 1.52. The molecular weight excluding hydrogens is 240 g/mol. The van der Waals surface area contributed by atoms with Crippen molar-refractivity contribution in [2.75, 3.05) is 13.6 Å². The number of rotatable bonds is 4. The van der Waals surface area contributed by atoms with Gasteiger partial charge in [0, 0.05) is 18.2 Å². The Morgan fingerprint density at radius 2 is 2.05 bits per heavy atom. The van der Waals surface area contributed by atoms with E-state index in [1.54, 1.807) is 0 Å². The molecule has 0 spiro atoms. The molecule has 2 amide bonds. The summed E-state index contributed by atoms with van der Waals surface area (Å²) >= 11 is 0. The summed E-state index contributed by atoms with van der Waals surface area (Å²) in [4.78, 5) is 26.0. The van der Waals surface area contributed by atoms with E-state index in [1.165, 1.54) is 17.7 Å². The SMILES string of the molecule is CNC(CN1C(=O)Cc2ccccc2C1=O)C1CC1. The van der Waals surface area contributed by atoms with Crippen molar-refractivity contribution in [3.8, 4) is 0 Å². The molecule has 19 heavy (non-hydrogen) atoms. The monoisotopic (exact) mass is 258 g/mol. The lowest BCUT2D eigenvalue weighted by molar-refractivity contribution is -0.128. The van der Waals surface area contributed by atoms with Gasteiger partial charge in [-0.3, -0.25) is 14.5 Å². The molecule has 0 radical (unpaired) electrons. The van der Waals surface area contributed by atoms with Crippen LogP contribution in [0.25, 0.3) is 0 Å². The number of carbonyl (C=O) groups excluding carboxylic acids is 2. The van der Waals surface area contributed by atoms with Gasteiger partial charge in [-0.1, -0.05) is 18.2 Å². The van der Waals surface area contributed by atoms with E-state index in [0.717, 1.165) is 5.56 Å². The van der Waals surface area contributed by atoms with E-state index < -0.39 is 0 Å². The Morgan fingerprint density at radius 1 is 1.32 bits per heavy atom. The largest absolute Gasteiger partial charge is 0.315 e. The van der Waals surface area contributed by atoms with Crippen molar-refractivity contribution in [3.63, 3.8) is 0 Å². The van der Waals surface area contributed by atoms with Crippen molar-refractivity contribution < 1.29 is 9.59 Å². The second-order valence-corrected chi connectivity index (χ2v) is 5.38. The van der Waals surface area contributed by atoms with Crippen molar-refractivity contribution in [3.05, 3.63) is 35.4 Å². The number of hydrogen-bond donors (Lipinski definition) is 1. The lowest BCUT2D eigenvalue weighted by Gasteiger charge is -2.30. The minimum atomic E-state index is -0.146. The standard InChI is InChI=1S/C15H18N2O2/c1-16-13(10-6-7-10)9-17-14(18)8-11-4-2-3-5-12(11)15(17)19/h2-5,10,13,16H,6-9H2,1H3. The van der Waals surface area contributed by atoms with Gasteiger partial charge in [-0.15, -0.1) is 0 Å². The molecule has 4 nitrogen and oxygen atoms in total. The van der Waals surface area contributed by atoms with Gasteiger partial charge in [0.2, 0.25) is 5.91 Å². The average Bonchev–Trinajstić information content (AvgIpc) is 3.23. The first-order valence-corrected chi connectivity index (χ1v) is 6.80. The van der Waals surface area contributed by atoms with Crippen LogP contribution in [-0.4, -0.2) is 36.3 Å². The smallest absolute Gasteiger partial charge is 0.260 e. The first-order valence-electron chi connectivity index (χ1n) is 6.80. The summed E-state index contributed by atoms with van der Waals surface area (Å²) in [6.07, 6.45) is 2.72. The molecule has 1 N–H and O–H groups in total. The third-order valence-corrected chi connectivity index (χ3v) is 4.08. The second kappa shape index (κ2) is 4.78. The van der Waals surface area contributed by atoms with E-state index in [1.807, 2.05) is 31.3 Å². The highest BCUT2D eigenvalue weighted by atomic mass is 16.2. The number of hydrogen-bond acceptors (Lipinski definition) is 3. The van der Waals surface area contributed by atoms with E-state index in [0.29, 0.717) is 24.4 Å². The van der Waals surface area contributed by atoms with E-state index in [4.69, 9.17) is 0 Å². The molecule has 1 heterocycles. The summed E-state index contributed by atoms with van der Waals surface area (Å²) in [5, 5.41) is 3.23. The van der Waals surface area contributed by atoms with Crippen LogP contribution in [-0.2, 0) is 11.2 Å². The summed E-state index contributed by atoms with van der Waals surface area (Å²) < 4.78 is 0. The van der Waals surface area contributed by atoms with Gasteiger partial charge in [0.1, 0.15) is 0 Å². The predicted octanol–water partition coefficient (Wildman–Crippen LogP) is 1.21. The molecule has 0 aromatic heterocycles. The highest BCUT2D eigenvalue weighted by molar-refractivity contribution is 6.09. The number of likely N-dealkylation sites (N-methyl/N-ethyl adjacent to an activating group) is 1. The first-order chi connectivity index (χ1) is 9.20. The van der Waals surface area contributed by atoms with Crippen LogP contribution in [0.4, 0.5) is 0 Å². The summed E-state index contributed by atoms with van der Waals surface area (Å²) in [6.45, 7) is 0.493. The zero-order valence-corrected chi connectivity index (χ0v) is 11.1. The van der Waals surface area contributed by atoms with Crippen LogP contribution in [0.3, 0.4) is 0 Å². The van der Waals surface area contributed by atoms with Gasteiger partial charge in [-0.05, 0) is 37.4 Å². The molecular formula is C15H18N2O2. The lowest BCUT2D eigenvalue weighted by atomic mass is 9.98. The summed E-state index contributed by atoms with van der Waals surface area (Å²) in [5.74, 6) is 0.389. The van der Waals surface area contributed by atoms with Gasteiger partial charge in [-0.2, -0.15) is 0 Å². The molecule has 3 rings (SSSR count). The van der Waals surface area contributed by atoms with Crippen LogP contribution >= 0.6 is 0 Å². The van der Waals surface area contributed by atoms with Crippen molar-refractivity contribution in [2.45, 2.75) is 25.3 Å². The van der Waals surface area contributed by atoms with Crippen molar-refractivity contribution >= 4 is 11.8 Å². The summed E-state index contributed by atoms with van der Waals surface area (Å²) in [7, 11) is 1.90. The molecule has 0 saturated heterocycles. The lowest BCUT2D eigenvalue weighted by Crippen LogP contribution is -2.49.